The summed E-state index contributed by atoms with van der Waals surface area (Å²) >= 11 is 0. The molecule has 0 saturated heterocycles. The molecule has 1 saturated carbocycles. The molecule has 0 spiro atoms. The van der Waals surface area contributed by atoms with E-state index in [0.717, 1.165) is 32.1 Å². The van der Waals surface area contributed by atoms with Crippen LogP contribution < -0.4 is 0 Å². The highest BCUT2D eigenvalue weighted by Gasteiger charge is 2.33. The Balaban J connectivity index is 2.59. The summed E-state index contributed by atoms with van der Waals surface area (Å²) in [5.74, 6) is -0.599. The number of hydrogen-bond acceptors (Lipinski definition) is 3. The van der Waals surface area contributed by atoms with Crippen LogP contribution in [0.25, 0.3) is 0 Å². The summed E-state index contributed by atoms with van der Waals surface area (Å²) < 4.78 is 5.28. The quantitative estimate of drug-likeness (QED) is 0.656. The highest BCUT2D eigenvalue weighted by Crippen LogP contribution is 2.27. The molecule has 0 N–H and O–H groups in total. The first kappa shape index (κ1) is 12.4. The molecule has 0 amide bonds. The molecular formula is C12H20O3. The summed E-state index contributed by atoms with van der Waals surface area (Å²) in [5.41, 5.74) is 0. The van der Waals surface area contributed by atoms with Crippen LogP contribution in [-0.4, -0.2) is 24.8 Å². The van der Waals surface area contributed by atoms with E-state index in [4.69, 9.17) is 4.74 Å². The maximum Gasteiger partial charge on any atom is 0.204 e. The minimum atomic E-state index is -0.216. The smallest absolute Gasteiger partial charge is 0.204 e. The normalized spacial score (nSPS) is 26.3. The van der Waals surface area contributed by atoms with E-state index >= 15 is 0 Å². The van der Waals surface area contributed by atoms with E-state index in [9.17, 15) is 9.59 Å². The number of methoxy groups -OCH3 is 1. The van der Waals surface area contributed by atoms with Crippen molar-refractivity contribution in [1.82, 2.24) is 0 Å². The number of ketones is 2. The number of hydrogen-bond donors (Lipinski definition) is 0. The van der Waals surface area contributed by atoms with Crippen LogP contribution in [0.1, 0.15) is 45.4 Å². The number of carbonyl (C=O) groups excluding carboxylic acids is 2. The first-order chi connectivity index (χ1) is 7.20. The van der Waals surface area contributed by atoms with Crippen molar-refractivity contribution < 1.29 is 14.3 Å². The Hall–Kier alpha value is -0.700. The molecule has 0 bridgehead atoms. The van der Waals surface area contributed by atoms with Gasteiger partial charge in [-0.1, -0.05) is 19.8 Å². The van der Waals surface area contributed by atoms with Crippen LogP contribution in [0.4, 0.5) is 0 Å². The van der Waals surface area contributed by atoms with Crippen molar-refractivity contribution in [3.05, 3.63) is 0 Å². The fourth-order valence-corrected chi connectivity index (χ4v) is 2.24. The van der Waals surface area contributed by atoms with Crippen LogP contribution in [0.5, 0.6) is 0 Å². The molecule has 3 heteroatoms. The predicted molar refractivity (Wildman–Crippen MR) is 57.7 cm³/mol. The van der Waals surface area contributed by atoms with Crippen molar-refractivity contribution in [3.63, 3.8) is 0 Å². The van der Waals surface area contributed by atoms with Crippen LogP contribution in [0, 0.1) is 5.92 Å². The van der Waals surface area contributed by atoms with Crippen molar-refractivity contribution >= 4 is 11.6 Å². The standard InChI is InChI=1S/C12H20O3/c1-3-6-10(13)12(14)9-7-4-5-8-11(9)15-2/h9,11H,3-8H2,1-2H3/t9-,11-/m0/s1. The molecule has 1 rings (SSSR count). The summed E-state index contributed by atoms with van der Waals surface area (Å²) in [4.78, 5) is 23.3. The number of Topliss-reactive ketones (excluding diaryl/α,β-unsaturated/α-hetero) is 2. The van der Waals surface area contributed by atoms with Crippen molar-refractivity contribution in [3.8, 4) is 0 Å². The van der Waals surface area contributed by atoms with Crippen molar-refractivity contribution in [2.45, 2.75) is 51.6 Å². The molecule has 3 nitrogen and oxygen atoms in total. The van der Waals surface area contributed by atoms with Gasteiger partial charge in [-0.3, -0.25) is 9.59 Å². The molecule has 0 unspecified atom stereocenters. The third kappa shape index (κ3) is 3.13. The van der Waals surface area contributed by atoms with Gasteiger partial charge < -0.3 is 4.74 Å². The van der Waals surface area contributed by atoms with Gasteiger partial charge in [0.2, 0.25) is 5.78 Å². The molecule has 0 aromatic rings. The monoisotopic (exact) mass is 212 g/mol. The second-order valence-corrected chi connectivity index (χ2v) is 4.20. The zero-order chi connectivity index (χ0) is 11.3. The zero-order valence-corrected chi connectivity index (χ0v) is 9.62. The van der Waals surface area contributed by atoms with E-state index in [0.29, 0.717) is 6.42 Å². The average molecular weight is 212 g/mol. The summed E-state index contributed by atoms with van der Waals surface area (Å²) in [6.07, 6.45) is 4.95. The van der Waals surface area contributed by atoms with E-state index in [1.54, 1.807) is 7.11 Å². The second-order valence-electron chi connectivity index (χ2n) is 4.20. The first-order valence-corrected chi connectivity index (χ1v) is 5.80. The first-order valence-electron chi connectivity index (χ1n) is 5.80. The van der Waals surface area contributed by atoms with E-state index in [-0.39, 0.29) is 23.6 Å². The maximum absolute atomic E-state index is 11.8. The van der Waals surface area contributed by atoms with Gasteiger partial charge in [0.25, 0.3) is 0 Å². The molecule has 0 aromatic carbocycles. The molecule has 1 aliphatic carbocycles. The maximum atomic E-state index is 11.8. The third-order valence-corrected chi connectivity index (χ3v) is 3.09. The summed E-state index contributed by atoms with van der Waals surface area (Å²) in [6, 6.07) is 0. The van der Waals surface area contributed by atoms with Crippen LogP contribution in [0.15, 0.2) is 0 Å². The van der Waals surface area contributed by atoms with Gasteiger partial charge in [0.05, 0.1) is 12.0 Å². The lowest BCUT2D eigenvalue weighted by molar-refractivity contribution is -0.143. The summed E-state index contributed by atoms with van der Waals surface area (Å²) in [6.45, 7) is 1.92. The highest BCUT2D eigenvalue weighted by molar-refractivity contribution is 6.38. The van der Waals surface area contributed by atoms with Crippen LogP contribution in [-0.2, 0) is 14.3 Å². The minimum absolute atomic E-state index is 0.0351. The molecule has 15 heavy (non-hydrogen) atoms. The largest absolute Gasteiger partial charge is 0.381 e. The van der Waals surface area contributed by atoms with Crippen LogP contribution >= 0.6 is 0 Å². The zero-order valence-electron chi connectivity index (χ0n) is 9.62. The van der Waals surface area contributed by atoms with Gasteiger partial charge in [-0.25, -0.2) is 0 Å². The summed E-state index contributed by atoms with van der Waals surface area (Å²) in [7, 11) is 1.63. The fourth-order valence-electron chi connectivity index (χ4n) is 2.24. The molecule has 2 atom stereocenters. The SMILES string of the molecule is CCCC(=O)C(=O)[C@H]1CCCC[C@@H]1OC. The van der Waals surface area contributed by atoms with Gasteiger partial charge in [0.1, 0.15) is 0 Å². The van der Waals surface area contributed by atoms with E-state index in [1.807, 2.05) is 6.92 Å². The molecule has 86 valence electrons. The predicted octanol–water partition coefficient (Wildman–Crippen LogP) is 2.13. The Morgan fingerprint density at radius 3 is 2.53 bits per heavy atom. The van der Waals surface area contributed by atoms with Gasteiger partial charge in [-0.2, -0.15) is 0 Å². The lowest BCUT2D eigenvalue weighted by Crippen LogP contribution is -2.36. The van der Waals surface area contributed by atoms with Crippen molar-refractivity contribution in [2.24, 2.45) is 5.92 Å². The van der Waals surface area contributed by atoms with Gasteiger partial charge in [-0.05, 0) is 19.3 Å². The molecular weight excluding hydrogens is 192 g/mol. The average Bonchev–Trinajstić information content (AvgIpc) is 2.28. The molecule has 0 radical (unpaired) electrons. The van der Waals surface area contributed by atoms with Gasteiger partial charge in [-0.15, -0.1) is 0 Å². The van der Waals surface area contributed by atoms with Crippen molar-refractivity contribution in [2.75, 3.05) is 7.11 Å². The van der Waals surface area contributed by atoms with Crippen molar-refractivity contribution in [1.29, 1.82) is 0 Å². The Morgan fingerprint density at radius 1 is 1.27 bits per heavy atom. The third-order valence-electron chi connectivity index (χ3n) is 3.09. The van der Waals surface area contributed by atoms with Gasteiger partial charge >= 0.3 is 0 Å². The Labute approximate surface area is 91.2 Å². The summed E-state index contributed by atoms with van der Waals surface area (Å²) in [5, 5.41) is 0. The Morgan fingerprint density at radius 2 is 1.93 bits per heavy atom. The number of ether oxygens (including phenoxy) is 1. The topological polar surface area (TPSA) is 43.4 Å². The van der Waals surface area contributed by atoms with Crippen LogP contribution in [0.2, 0.25) is 0 Å². The van der Waals surface area contributed by atoms with Gasteiger partial charge in [0.15, 0.2) is 5.78 Å². The number of carbonyl (C=O) groups is 2. The van der Waals surface area contributed by atoms with Crippen LogP contribution in [0.3, 0.4) is 0 Å². The van der Waals surface area contributed by atoms with E-state index in [2.05, 4.69) is 0 Å². The molecule has 1 fully saturated rings. The lowest BCUT2D eigenvalue weighted by atomic mass is 9.82. The molecule has 0 aliphatic heterocycles. The Bertz CT molecular complexity index is 235. The minimum Gasteiger partial charge on any atom is -0.381 e. The van der Waals surface area contributed by atoms with E-state index < -0.39 is 0 Å². The molecule has 0 aromatic heterocycles. The van der Waals surface area contributed by atoms with Gasteiger partial charge in [0, 0.05) is 13.5 Å². The highest BCUT2D eigenvalue weighted by atomic mass is 16.5. The fraction of sp³-hybridized carbons (Fsp3) is 0.833. The van der Waals surface area contributed by atoms with E-state index in [1.165, 1.54) is 0 Å². The Kier molecular flexibility index (Phi) is 4.95. The molecule has 0 heterocycles. The number of rotatable bonds is 5. The second kappa shape index (κ2) is 6.01. The lowest BCUT2D eigenvalue weighted by Gasteiger charge is -2.28. The molecule has 1 aliphatic rings.